The summed E-state index contributed by atoms with van der Waals surface area (Å²) in [5.74, 6) is 6.07. The molecule has 1 rings (SSSR count). The van der Waals surface area contributed by atoms with E-state index in [1.165, 1.54) is 6.07 Å². The molecule has 1 aromatic rings. The van der Waals surface area contributed by atoms with Crippen molar-refractivity contribution in [3.63, 3.8) is 0 Å². The first-order chi connectivity index (χ1) is 8.56. The summed E-state index contributed by atoms with van der Waals surface area (Å²) in [7, 11) is 0. The number of benzene rings is 1. The van der Waals surface area contributed by atoms with E-state index in [1.54, 1.807) is 6.07 Å². The molecule has 5 heteroatoms. The van der Waals surface area contributed by atoms with Crippen molar-refractivity contribution in [1.82, 2.24) is 5.43 Å². The minimum atomic E-state index is -0.375. The van der Waals surface area contributed by atoms with Crippen molar-refractivity contribution in [3.8, 4) is 0 Å². The Morgan fingerprint density at radius 2 is 2.22 bits per heavy atom. The molecule has 0 aromatic heterocycles. The largest absolute Gasteiger partial charge is 0.271 e. The van der Waals surface area contributed by atoms with Gasteiger partial charge in [0.05, 0.1) is 5.02 Å². The highest BCUT2D eigenvalue weighted by molar-refractivity contribution is 7.99. The Kier molecular flexibility index (Phi) is 7.00. The lowest BCUT2D eigenvalue weighted by molar-refractivity contribution is 0.570. The maximum atomic E-state index is 13.3. The number of rotatable bonds is 7. The van der Waals surface area contributed by atoms with E-state index < -0.39 is 0 Å². The molecule has 0 heterocycles. The molecule has 0 saturated heterocycles. The second kappa shape index (κ2) is 8.00. The van der Waals surface area contributed by atoms with Crippen molar-refractivity contribution < 1.29 is 4.39 Å². The number of hydrogen-bond donors (Lipinski definition) is 2. The molecule has 0 bridgehead atoms. The van der Waals surface area contributed by atoms with Crippen LogP contribution in [0.15, 0.2) is 18.2 Å². The van der Waals surface area contributed by atoms with Crippen LogP contribution in [0.2, 0.25) is 5.02 Å². The minimum absolute atomic E-state index is 0.143. The van der Waals surface area contributed by atoms with Crippen molar-refractivity contribution in [3.05, 3.63) is 34.6 Å². The summed E-state index contributed by atoms with van der Waals surface area (Å²) >= 11 is 7.53. The van der Waals surface area contributed by atoms with Crippen molar-refractivity contribution in [2.24, 2.45) is 5.84 Å². The van der Waals surface area contributed by atoms with Crippen LogP contribution in [0.25, 0.3) is 0 Å². The van der Waals surface area contributed by atoms with Gasteiger partial charge in [-0.15, -0.1) is 0 Å². The Bertz CT molecular complexity index is 376. The number of hydrazine groups is 1. The lowest BCUT2D eigenvalue weighted by Gasteiger charge is -2.18. The van der Waals surface area contributed by atoms with Gasteiger partial charge in [0.25, 0.3) is 0 Å². The molecule has 2 atom stereocenters. The Labute approximate surface area is 117 Å². The van der Waals surface area contributed by atoms with Gasteiger partial charge >= 0.3 is 0 Å². The van der Waals surface area contributed by atoms with E-state index in [-0.39, 0.29) is 16.9 Å². The number of nitrogens with two attached hydrogens (primary N) is 1. The van der Waals surface area contributed by atoms with Gasteiger partial charge in [-0.3, -0.25) is 11.3 Å². The van der Waals surface area contributed by atoms with Crippen LogP contribution in [-0.4, -0.2) is 17.0 Å². The summed E-state index contributed by atoms with van der Waals surface area (Å²) in [4.78, 5) is 0. The molecule has 0 aliphatic carbocycles. The zero-order chi connectivity index (χ0) is 13.5. The number of thioether (sulfide) groups is 1. The predicted molar refractivity (Wildman–Crippen MR) is 78.4 cm³/mol. The van der Waals surface area contributed by atoms with Crippen LogP contribution in [0.4, 0.5) is 4.39 Å². The fourth-order valence-corrected chi connectivity index (χ4v) is 2.64. The third-order valence-corrected chi connectivity index (χ3v) is 4.66. The van der Waals surface area contributed by atoms with Crippen LogP contribution in [-0.2, 0) is 6.42 Å². The molecule has 102 valence electrons. The Morgan fingerprint density at radius 3 is 2.78 bits per heavy atom. The average molecular weight is 291 g/mol. The maximum absolute atomic E-state index is 13.3. The molecule has 1 aromatic carbocycles. The third-order valence-electron chi connectivity index (χ3n) is 2.86. The van der Waals surface area contributed by atoms with Gasteiger partial charge in [0.2, 0.25) is 0 Å². The highest BCUT2D eigenvalue weighted by Gasteiger charge is 2.11. The second-order valence-electron chi connectivity index (χ2n) is 4.37. The molecule has 18 heavy (non-hydrogen) atoms. The molecule has 3 N–H and O–H groups in total. The first kappa shape index (κ1) is 15.8. The summed E-state index contributed by atoms with van der Waals surface area (Å²) in [6.07, 6.45) is 1.84. The third kappa shape index (κ3) is 5.14. The van der Waals surface area contributed by atoms with Gasteiger partial charge in [-0.25, -0.2) is 4.39 Å². The molecular weight excluding hydrogens is 271 g/mol. The van der Waals surface area contributed by atoms with E-state index in [2.05, 4.69) is 19.3 Å². The van der Waals surface area contributed by atoms with Gasteiger partial charge in [-0.05, 0) is 30.5 Å². The summed E-state index contributed by atoms with van der Waals surface area (Å²) in [5.41, 5.74) is 3.69. The molecule has 2 nitrogen and oxygen atoms in total. The Morgan fingerprint density at radius 1 is 1.50 bits per heavy atom. The number of hydrogen-bond acceptors (Lipinski definition) is 3. The first-order valence-corrected chi connectivity index (χ1v) is 7.51. The normalized spacial score (nSPS) is 14.5. The lowest BCUT2D eigenvalue weighted by Crippen LogP contribution is -2.39. The van der Waals surface area contributed by atoms with Crippen LogP contribution in [0.1, 0.15) is 25.8 Å². The van der Waals surface area contributed by atoms with Crippen molar-refractivity contribution >= 4 is 23.4 Å². The molecule has 2 unspecified atom stereocenters. The van der Waals surface area contributed by atoms with Gasteiger partial charge in [-0.1, -0.05) is 31.5 Å². The van der Waals surface area contributed by atoms with E-state index in [0.29, 0.717) is 11.7 Å². The highest BCUT2D eigenvalue weighted by Crippen LogP contribution is 2.19. The smallest absolute Gasteiger partial charge is 0.142 e. The number of nitrogens with one attached hydrogen (secondary N) is 1. The van der Waals surface area contributed by atoms with E-state index in [1.807, 2.05) is 17.8 Å². The van der Waals surface area contributed by atoms with Gasteiger partial charge in [0.1, 0.15) is 5.82 Å². The zero-order valence-corrected chi connectivity index (χ0v) is 12.3. The van der Waals surface area contributed by atoms with Crippen molar-refractivity contribution in [1.29, 1.82) is 0 Å². The molecule has 0 aliphatic heterocycles. The quantitative estimate of drug-likeness (QED) is 0.597. The molecule has 0 radical (unpaired) electrons. The van der Waals surface area contributed by atoms with Gasteiger partial charge < -0.3 is 0 Å². The van der Waals surface area contributed by atoms with Gasteiger partial charge in [0, 0.05) is 17.0 Å². The Balaban J connectivity index is 2.54. The predicted octanol–water partition coefficient (Wildman–Crippen LogP) is 3.39. The van der Waals surface area contributed by atoms with Crippen molar-refractivity contribution in [2.75, 3.05) is 5.75 Å². The minimum Gasteiger partial charge on any atom is -0.271 e. The van der Waals surface area contributed by atoms with Crippen LogP contribution in [0.5, 0.6) is 0 Å². The first-order valence-electron chi connectivity index (χ1n) is 6.08. The van der Waals surface area contributed by atoms with E-state index in [9.17, 15) is 4.39 Å². The summed E-state index contributed by atoms with van der Waals surface area (Å²) < 4.78 is 13.3. The average Bonchev–Trinajstić information content (AvgIpc) is 2.38. The Hall–Kier alpha value is -0.290. The monoisotopic (exact) mass is 290 g/mol. The lowest BCUT2D eigenvalue weighted by atomic mass is 10.1. The van der Waals surface area contributed by atoms with Crippen molar-refractivity contribution in [2.45, 2.75) is 38.0 Å². The molecular formula is C13H20ClFN2S. The summed E-state index contributed by atoms with van der Waals surface area (Å²) in [5, 5.41) is 0.771. The van der Waals surface area contributed by atoms with Crippen LogP contribution < -0.4 is 11.3 Å². The molecule has 0 amide bonds. The van der Waals surface area contributed by atoms with E-state index in [4.69, 9.17) is 17.4 Å². The molecule has 0 fully saturated rings. The van der Waals surface area contributed by atoms with Crippen LogP contribution in [0, 0.1) is 5.82 Å². The highest BCUT2D eigenvalue weighted by atomic mass is 35.5. The summed E-state index contributed by atoms with van der Waals surface area (Å²) in [6.45, 7) is 4.36. The van der Waals surface area contributed by atoms with E-state index in [0.717, 1.165) is 17.7 Å². The molecule has 0 aliphatic rings. The van der Waals surface area contributed by atoms with Crippen LogP contribution >= 0.6 is 23.4 Å². The topological polar surface area (TPSA) is 38.0 Å². The standard InChI is InChI=1S/C13H20ClFN2S/c1-3-9(2)18-8-11(17-16)6-10-4-5-12(14)13(15)7-10/h4-5,7,9,11,17H,3,6,8,16H2,1-2H3. The fraction of sp³-hybridized carbons (Fsp3) is 0.538. The van der Waals surface area contributed by atoms with Crippen LogP contribution in [0.3, 0.4) is 0 Å². The number of halogens is 2. The zero-order valence-electron chi connectivity index (χ0n) is 10.7. The molecule has 0 spiro atoms. The van der Waals surface area contributed by atoms with Gasteiger partial charge in [-0.2, -0.15) is 11.8 Å². The fourth-order valence-electron chi connectivity index (χ4n) is 1.52. The summed E-state index contributed by atoms with van der Waals surface area (Å²) in [6, 6.07) is 5.04. The maximum Gasteiger partial charge on any atom is 0.142 e. The SMILES string of the molecule is CCC(C)SCC(Cc1ccc(Cl)c(F)c1)NN. The molecule has 0 saturated carbocycles. The van der Waals surface area contributed by atoms with Gasteiger partial charge in [0.15, 0.2) is 0 Å². The van der Waals surface area contributed by atoms with E-state index >= 15 is 0 Å². The second-order valence-corrected chi connectivity index (χ2v) is 6.25.